The van der Waals surface area contributed by atoms with Gasteiger partial charge in [-0.3, -0.25) is 10.1 Å². The summed E-state index contributed by atoms with van der Waals surface area (Å²) >= 11 is 0. The largest absolute Gasteiger partial charge is 0.376 e. The first-order chi connectivity index (χ1) is 5.90. The molecule has 1 rings (SSSR count). The fourth-order valence-electron chi connectivity index (χ4n) is 0.938. The molecule has 13 heavy (non-hydrogen) atoms. The molecule has 1 fully saturated rings. The molecule has 0 amide bonds. The minimum atomic E-state index is -2.62. The molecular weight excluding hydrogens is 194 g/mol. The highest BCUT2D eigenvalue weighted by Crippen LogP contribution is 2.28. The first-order valence-corrected chi connectivity index (χ1v) is 3.06. The Morgan fingerprint density at radius 3 is 2.00 bits per heavy atom. The molecule has 0 bridgehead atoms. The summed E-state index contributed by atoms with van der Waals surface area (Å²) in [4.78, 5) is 18.9. The van der Waals surface area contributed by atoms with Gasteiger partial charge in [-0.1, -0.05) is 8.96 Å². The summed E-state index contributed by atoms with van der Waals surface area (Å²) in [6.45, 7) is -1.83. The highest BCUT2D eigenvalue weighted by atomic mass is 19.4. The van der Waals surface area contributed by atoms with E-state index in [1.165, 1.54) is 0 Å². The van der Waals surface area contributed by atoms with E-state index in [0.717, 1.165) is 0 Å². The van der Waals surface area contributed by atoms with Crippen LogP contribution in [-0.4, -0.2) is 39.1 Å². The third-order valence-electron chi connectivity index (χ3n) is 1.76. The quantitative estimate of drug-likeness (QED) is 0.263. The second kappa shape index (κ2) is 2.73. The Morgan fingerprint density at radius 2 is 1.77 bits per heavy atom. The van der Waals surface area contributed by atoms with E-state index < -0.39 is 34.1 Å². The van der Waals surface area contributed by atoms with E-state index in [-0.39, 0.29) is 0 Å². The number of nitrogens with zero attached hydrogens (tertiary/aromatic N) is 4. The number of hydrogen-bond acceptors (Lipinski definition) is 5. The first-order valence-electron chi connectivity index (χ1n) is 3.06. The molecule has 0 aliphatic carbocycles. The fourth-order valence-corrected chi connectivity index (χ4v) is 0.938. The monoisotopic (exact) mass is 198 g/mol. The van der Waals surface area contributed by atoms with Gasteiger partial charge in [0.05, 0.1) is 4.92 Å². The van der Waals surface area contributed by atoms with Gasteiger partial charge in [0, 0.05) is 0 Å². The van der Waals surface area contributed by atoms with Crippen LogP contribution in [0.2, 0.25) is 0 Å². The summed E-state index contributed by atoms with van der Waals surface area (Å²) in [5.74, 6) is 0. The lowest BCUT2D eigenvalue weighted by Crippen LogP contribution is -2.71. The van der Waals surface area contributed by atoms with E-state index in [9.17, 15) is 29.2 Å². The van der Waals surface area contributed by atoms with Crippen molar-refractivity contribution in [2.45, 2.75) is 5.66 Å². The van der Waals surface area contributed by atoms with E-state index in [1.807, 2.05) is 0 Å². The highest BCUT2D eigenvalue weighted by molar-refractivity contribution is 4.87. The molecule has 0 aromatic rings. The molecule has 0 atom stereocenters. The van der Waals surface area contributed by atoms with E-state index in [2.05, 4.69) is 0 Å². The molecule has 10 heteroatoms. The average Bonchev–Trinajstić information content (AvgIpc) is 1.80. The molecule has 0 aromatic heterocycles. The molecule has 0 radical (unpaired) electrons. The van der Waals surface area contributed by atoms with E-state index in [4.69, 9.17) is 0 Å². The lowest BCUT2D eigenvalue weighted by molar-refractivity contribution is -0.748. The van der Waals surface area contributed by atoms with Crippen LogP contribution in [0.1, 0.15) is 0 Å². The highest BCUT2D eigenvalue weighted by Gasteiger charge is 2.66. The van der Waals surface area contributed by atoms with Crippen LogP contribution in [0.5, 0.6) is 0 Å². The van der Waals surface area contributed by atoms with Crippen LogP contribution in [0.4, 0.5) is 8.96 Å². The van der Waals surface area contributed by atoms with Gasteiger partial charge in [0.1, 0.15) is 5.34 Å². The number of halogens is 2. The summed E-state index contributed by atoms with van der Waals surface area (Å²) in [6, 6.07) is 0. The van der Waals surface area contributed by atoms with Crippen molar-refractivity contribution in [2.24, 2.45) is 0 Å². The van der Waals surface area contributed by atoms with Crippen LogP contribution in [0.15, 0.2) is 0 Å². The molecule has 1 aliphatic rings. The molecule has 1 aliphatic heterocycles. The molecule has 0 N–H and O–H groups in total. The average molecular weight is 198 g/mol. The van der Waals surface area contributed by atoms with Crippen molar-refractivity contribution in [3.63, 3.8) is 0 Å². The zero-order valence-corrected chi connectivity index (χ0v) is 6.09. The Kier molecular flexibility index (Phi) is 1.99. The van der Waals surface area contributed by atoms with Crippen LogP contribution in [-0.2, 0) is 0 Å². The first kappa shape index (κ1) is 9.51. The second-order valence-corrected chi connectivity index (χ2v) is 2.53. The summed E-state index contributed by atoms with van der Waals surface area (Å²) < 4.78 is 23.9. The standard InChI is InChI=1S/C3H4F2N4O4/c4-7(5)3(8(10)11)1-6(2-3)9(12)13/h1-2H2. The lowest BCUT2D eigenvalue weighted by Gasteiger charge is -2.35. The maximum Gasteiger partial charge on any atom is 0.376 e. The molecule has 74 valence electrons. The van der Waals surface area contributed by atoms with Crippen molar-refractivity contribution in [2.75, 3.05) is 13.1 Å². The van der Waals surface area contributed by atoms with E-state index in [1.54, 1.807) is 0 Å². The lowest BCUT2D eigenvalue weighted by atomic mass is 10.1. The molecule has 1 saturated heterocycles. The molecule has 1 heterocycles. The van der Waals surface area contributed by atoms with Crippen molar-refractivity contribution in [3.8, 4) is 0 Å². The topological polar surface area (TPSA) is 92.8 Å². The Bertz CT molecular complexity index is 252. The minimum absolute atomic E-state index is 0.342. The fraction of sp³-hybridized carbons (Fsp3) is 1.00. The van der Waals surface area contributed by atoms with Gasteiger partial charge in [-0.2, -0.15) is 0 Å². The smallest absolute Gasteiger partial charge is 0.262 e. The molecular formula is C3H4F2N4O4. The predicted molar refractivity (Wildman–Crippen MR) is 32.3 cm³/mol. The van der Waals surface area contributed by atoms with Crippen molar-refractivity contribution in [1.29, 1.82) is 0 Å². The molecule has 0 aromatic carbocycles. The summed E-state index contributed by atoms with van der Waals surface area (Å²) in [7, 11) is 0. The van der Waals surface area contributed by atoms with Gasteiger partial charge in [-0.15, -0.1) is 5.01 Å². The van der Waals surface area contributed by atoms with Crippen LogP contribution < -0.4 is 0 Å². The zero-order valence-electron chi connectivity index (χ0n) is 6.09. The Labute approximate surface area is 69.5 Å². The number of nitro groups is 2. The van der Waals surface area contributed by atoms with Crippen LogP contribution >= 0.6 is 0 Å². The SMILES string of the molecule is O=[N+]([O-])N1CC(N(F)F)([N+](=O)[O-])C1. The number of rotatable bonds is 3. The van der Waals surface area contributed by atoms with Gasteiger partial charge < -0.3 is 0 Å². The Hall–Kier alpha value is -1.58. The van der Waals surface area contributed by atoms with Gasteiger partial charge in [0.15, 0.2) is 18.1 Å². The molecule has 8 nitrogen and oxygen atoms in total. The van der Waals surface area contributed by atoms with Crippen molar-refractivity contribution in [1.82, 2.24) is 10.4 Å². The third kappa shape index (κ3) is 1.24. The van der Waals surface area contributed by atoms with Gasteiger partial charge >= 0.3 is 5.66 Å². The van der Waals surface area contributed by atoms with Crippen molar-refractivity contribution in [3.05, 3.63) is 20.2 Å². The van der Waals surface area contributed by atoms with Crippen LogP contribution in [0.25, 0.3) is 0 Å². The van der Waals surface area contributed by atoms with E-state index in [0.29, 0.717) is 5.01 Å². The zero-order chi connectivity index (χ0) is 10.2. The number of hydrazine groups is 1. The number of hydrogen-bond donors (Lipinski definition) is 0. The minimum Gasteiger partial charge on any atom is -0.262 e. The Morgan fingerprint density at radius 1 is 1.31 bits per heavy atom. The Balaban J connectivity index is 2.69. The van der Waals surface area contributed by atoms with Crippen molar-refractivity contribution >= 4 is 0 Å². The van der Waals surface area contributed by atoms with Gasteiger partial charge in [0.2, 0.25) is 0 Å². The maximum absolute atomic E-state index is 12.0. The van der Waals surface area contributed by atoms with Crippen LogP contribution in [0.3, 0.4) is 0 Å². The molecule has 0 saturated carbocycles. The van der Waals surface area contributed by atoms with Gasteiger partial charge in [0.25, 0.3) is 0 Å². The van der Waals surface area contributed by atoms with Gasteiger partial charge in [-0.05, 0) is 0 Å². The predicted octanol–water partition coefficient (Wildman–Crippen LogP) is -0.462. The summed E-state index contributed by atoms with van der Waals surface area (Å²) in [5, 5.41) is 17.9. The van der Waals surface area contributed by atoms with E-state index >= 15 is 0 Å². The maximum atomic E-state index is 12.0. The molecule has 0 unspecified atom stereocenters. The van der Waals surface area contributed by atoms with Crippen molar-refractivity contribution < 1.29 is 18.9 Å². The summed E-state index contributed by atoms with van der Waals surface area (Å²) in [6.07, 6.45) is 0. The van der Waals surface area contributed by atoms with Gasteiger partial charge in [-0.25, -0.2) is 10.1 Å². The summed E-state index contributed by atoms with van der Waals surface area (Å²) in [5.41, 5.74) is -2.62. The van der Waals surface area contributed by atoms with Crippen LogP contribution in [0, 0.1) is 20.2 Å². The second-order valence-electron chi connectivity index (χ2n) is 2.53. The third-order valence-corrected chi connectivity index (χ3v) is 1.76. The molecule has 0 spiro atoms. The normalized spacial score (nSPS) is 19.8.